The Morgan fingerprint density at radius 2 is 1.31 bits per heavy atom. The Morgan fingerprint density at radius 1 is 0.667 bits per heavy atom. The molecule has 0 saturated carbocycles. The minimum atomic E-state index is -2.36. The van der Waals surface area contributed by atoms with E-state index < -0.39 is 31.9 Å². The van der Waals surface area contributed by atoms with E-state index in [2.05, 4.69) is 218 Å². The number of fused-ring (bicyclic) bond motifs is 4. The third-order valence-corrected chi connectivity index (χ3v) is 19.0. The van der Waals surface area contributed by atoms with Crippen LogP contribution >= 0.6 is 11.3 Å². The molecule has 0 bridgehead atoms. The molecule has 6 heteroatoms. The van der Waals surface area contributed by atoms with Crippen LogP contribution in [0.4, 0.5) is 0 Å². The van der Waals surface area contributed by atoms with E-state index in [1.165, 1.54) is 76.4 Å². The molecule has 0 N–H and O–H groups in total. The molecule has 0 unspecified atom stereocenters. The van der Waals surface area contributed by atoms with Crippen molar-refractivity contribution in [2.75, 3.05) is 0 Å². The standard InChI is InChI=1S/C49H39N2S.C20H28GeN.Ir/c1-31(2)41-29-36(33-16-7-5-8-17-33)30-42(32(3)4)47(41)51-45-25-14-13-24-44(45)50-49(51)40-23-15-22-39-43-28-35(26-27-46(43)52-48(39)40)38-21-12-11-20-37(38)34-18-9-6-10-19-34;1-15-8-10-16(11-9-15)19-12-17(13-20(2,3)4)18(14-22-19)21(5,6)7;/h5-22,24-32H,1-4H3;8-10,12,14H,13H2,1-7H3;/q2*-1;/i;1D3,13D2;. The van der Waals surface area contributed by atoms with Crippen LogP contribution in [0.5, 0.6) is 0 Å². The zero-order valence-electron chi connectivity index (χ0n) is 49.6. The van der Waals surface area contributed by atoms with E-state index in [1.54, 1.807) is 12.1 Å². The molecule has 11 rings (SSSR count). The molecule has 0 saturated heterocycles. The number of thiophene rings is 1. The number of hydrogen-bond acceptors (Lipinski definition) is 3. The van der Waals surface area contributed by atoms with E-state index in [9.17, 15) is 0 Å². The van der Waals surface area contributed by atoms with Gasteiger partial charge in [0.2, 0.25) is 0 Å². The molecule has 8 aromatic carbocycles. The molecule has 3 aromatic heterocycles. The van der Waals surface area contributed by atoms with Gasteiger partial charge in [0.15, 0.2) is 0 Å². The van der Waals surface area contributed by atoms with E-state index in [0.717, 1.165) is 26.8 Å². The number of para-hydroxylation sites is 2. The average molecular weight is 1240 g/mol. The summed E-state index contributed by atoms with van der Waals surface area (Å²) < 4.78 is 46.0. The Labute approximate surface area is 472 Å². The van der Waals surface area contributed by atoms with Crippen molar-refractivity contribution in [3.63, 3.8) is 0 Å². The molecular weight excluding hydrogens is 1170 g/mol. The summed E-state index contributed by atoms with van der Waals surface area (Å²) in [6.45, 7) is 12.8. The molecule has 0 aliphatic carbocycles. The van der Waals surface area contributed by atoms with Crippen LogP contribution in [0.15, 0.2) is 182 Å². The quantitative estimate of drug-likeness (QED) is 0.101. The SMILES string of the molecule is CC(C)c1cc(-c2ccccc2)cc(C(C)C)c1-n1c(-c2[c-]ccc3c2sc2ccc(-c4ccccc4-c4ccccc4)cc23)nc2ccccc21.[2H]C([2H])([2H])c1c[c-]c(-c2cc(C([2H])([2H])C(C)(C)C)[c]([Ge]([CH3])([CH3])[CH3])cn2)cc1.[Ir]. The fourth-order valence-electron chi connectivity index (χ4n) is 10.0. The number of rotatable bonds is 10. The van der Waals surface area contributed by atoms with E-state index in [-0.39, 0.29) is 25.7 Å². The van der Waals surface area contributed by atoms with Crippen molar-refractivity contribution in [2.45, 2.75) is 90.8 Å². The predicted octanol–water partition coefficient (Wildman–Crippen LogP) is 19.1. The van der Waals surface area contributed by atoms with Gasteiger partial charge in [0.25, 0.3) is 0 Å². The molecule has 0 aliphatic rings. The first-order valence-electron chi connectivity index (χ1n) is 28.3. The second-order valence-corrected chi connectivity index (χ2v) is 33.6. The maximum absolute atomic E-state index is 8.80. The molecule has 75 heavy (non-hydrogen) atoms. The van der Waals surface area contributed by atoms with E-state index in [4.69, 9.17) is 11.8 Å². The minimum Gasteiger partial charge on any atom is 0 e. The fraction of sp³-hybridized carbons (Fsp3) is 0.217. The van der Waals surface area contributed by atoms with Crippen molar-refractivity contribution in [3.8, 4) is 61.7 Å². The van der Waals surface area contributed by atoms with Gasteiger partial charge in [-0.2, -0.15) is 11.3 Å². The first kappa shape index (κ1) is 47.3. The van der Waals surface area contributed by atoms with Gasteiger partial charge < -0.3 is 4.57 Å². The van der Waals surface area contributed by atoms with Crippen molar-refractivity contribution < 1.29 is 27.0 Å². The number of hydrogen-bond donors (Lipinski definition) is 0. The minimum absolute atomic E-state index is 0. The first-order chi connectivity index (χ1) is 37.5. The molecule has 0 atom stereocenters. The van der Waals surface area contributed by atoms with E-state index in [0.29, 0.717) is 28.7 Å². The maximum atomic E-state index is 8.80. The summed E-state index contributed by atoms with van der Waals surface area (Å²) in [4.78, 5) is 9.98. The van der Waals surface area contributed by atoms with Gasteiger partial charge in [0, 0.05) is 30.5 Å². The number of pyridine rings is 1. The number of imidazole rings is 1. The Morgan fingerprint density at radius 3 is 1.93 bits per heavy atom. The maximum Gasteiger partial charge on any atom is 0 e. The zero-order chi connectivity index (χ0) is 56.2. The van der Waals surface area contributed by atoms with E-state index in [1.807, 2.05) is 44.4 Å². The van der Waals surface area contributed by atoms with Crippen molar-refractivity contribution in [1.29, 1.82) is 0 Å². The molecule has 379 valence electrons. The van der Waals surface area contributed by atoms with Gasteiger partial charge in [-0.05, 0) is 103 Å². The van der Waals surface area contributed by atoms with Gasteiger partial charge in [-0.25, -0.2) is 0 Å². The van der Waals surface area contributed by atoms with Crippen molar-refractivity contribution >= 4 is 60.2 Å². The molecule has 3 nitrogen and oxygen atoms in total. The third-order valence-electron chi connectivity index (χ3n) is 13.6. The van der Waals surface area contributed by atoms with Crippen LogP contribution in [0.3, 0.4) is 0 Å². The molecule has 0 spiro atoms. The van der Waals surface area contributed by atoms with Crippen LogP contribution in [-0.4, -0.2) is 27.8 Å². The van der Waals surface area contributed by atoms with Gasteiger partial charge in [0.05, 0.1) is 16.9 Å². The smallest absolute Gasteiger partial charge is 0 e. The third kappa shape index (κ3) is 11.4. The number of nitrogens with zero attached hydrogens (tertiary/aromatic N) is 3. The normalized spacial score (nSPS) is 13.2. The van der Waals surface area contributed by atoms with Crippen LogP contribution < -0.4 is 4.40 Å². The van der Waals surface area contributed by atoms with Gasteiger partial charge in [-0.3, -0.25) is 4.98 Å². The van der Waals surface area contributed by atoms with Crippen LogP contribution in [0.1, 0.15) is 89.4 Å². The Balaban J connectivity index is 0.000000235. The Kier molecular flexibility index (Phi) is 14.0. The summed E-state index contributed by atoms with van der Waals surface area (Å²) in [6, 6.07) is 68.1. The van der Waals surface area contributed by atoms with Gasteiger partial charge in [0.1, 0.15) is 0 Å². The molecule has 0 aliphatic heterocycles. The van der Waals surface area contributed by atoms with Gasteiger partial charge >= 0.3 is 145 Å². The van der Waals surface area contributed by atoms with Crippen LogP contribution in [0.2, 0.25) is 17.3 Å². The summed E-state index contributed by atoms with van der Waals surface area (Å²) in [5.74, 6) is 8.23. The largest absolute Gasteiger partial charge is 0 e. The summed E-state index contributed by atoms with van der Waals surface area (Å²) in [7, 11) is 0. The summed E-state index contributed by atoms with van der Waals surface area (Å²) in [6.07, 6.45) is 0.303. The molecule has 1 radical (unpaired) electrons. The van der Waals surface area contributed by atoms with Crippen LogP contribution in [-0.2, 0) is 26.5 Å². The van der Waals surface area contributed by atoms with Crippen molar-refractivity contribution in [1.82, 2.24) is 14.5 Å². The molecule has 3 heterocycles. The summed E-state index contributed by atoms with van der Waals surface area (Å²) >= 11 is -0.518. The molecular formula is C69H67GeIrN3S-2. The molecule has 0 amide bonds. The summed E-state index contributed by atoms with van der Waals surface area (Å²) in [5, 5.41) is 2.50. The zero-order valence-corrected chi connectivity index (χ0v) is 49.9. The molecule has 11 aromatic rings. The Bertz CT molecular complexity index is 3970. The van der Waals surface area contributed by atoms with E-state index >= 15 is 0 Å². The van der Waals surface area contributed by atoms with Crippen LogP contribution in [0, 0.1) is 24.4 Å². The average Bonchev–Trinajstić information content (AvgIpc) is 4.11. The van der Waals surface area contributed by atoms with Crippen LogP contribution in [0.25, 0.3) is 92.9 Å². The van der Waals surface area contributed by atoms with Crippen molar-refractivity contribution in [3.05, 3.63) is 217 Å². The second-order valence-electron chi connectivity index (χ2n) is 22.0. The number of aromatic nitrogens is 3. The summed E-state index contributed by atoms with van der Waals surface area (Å²) in [5.41, 5.74) is 16.1. The predicted molar refractivity (Wildman–Crippen MR) is 322 cm³/mol. The Hall–Kier alpha value is -6.21. The van der Waals surface area contributed by atoms with Gasteiger partial charge in [-0.15, -0.1) is 18.2 Å². The van der Waals surface area contributed by atoms with Gasteiger partial charge in [-0.1, -0.05) is 142 Å². The topological polar surface area (TPSA) is 30.7 Å². The molecule has 0 fully saturated rings. The van der Waals surface area contributed by atoms with Crippen molar-refractivity contribution in [2.24, 2.45) is 5.41 Å². The first-order valence-corrected chi connectivity index (χ1v) is 33.9. The number of benzene rings is 8. The fourth-order valence-corrected chi connectivity index (χ4v) is 14.1. The second kappa shape index (κ2) is 22.2. The monoisotopic (exact) mass is 1240 g/mol. The number of aryl methyl sites for hydroxylation is 1.